The number of rotatable bonds is 8. The smallest absolute Gasteiger partial charge is 0.191 e. The van der Waals surface area contributed by atoms with Crippen LogP contribution in [0.4, 0.5) is 0 Å². The number of methoxy groups -OCH3 is 1. The predicted octanol–water partition coefficient (Wildman–Crippen LogP) is 4.08. The van der Waals surface area contributed by atoms with E-state index < -0.39 is 0 Å². The number of benzene rings is 1. The van der Waals surface area contributed by atoms with E-state index in [1.54, 1.807) is 7.11 Å². The summed E-state index contributed by atoms with van der Waals surface area (Å²) >= 11 is 6.10. The lowest BCUT2D eigenvalue weighted by Crippen LogP contribution is -2.48. The Balaban J connectivity index is 0.00000364. The van der Waals surface area contributed by atoms with Gasteiger partial charge in [-0.05, 0) is 50.4 Å². The summed E-state index contributed by atoms with van der Waals surface area (Å²) in [6.07, 6.45) is 3.44. The molecule has 2 N–H and O–H groups in total. The van der Waals surface area contributed by atoms with Gasteiger partial charge >= 0.3 is 0 Å². The van der Waals surface area contributed by atoms with Gasteiger partial charge < -0.3 is 20.3 Å². The summed E-state index contributed by atoms with van der Waals surface area (Å²) in [6.45, 7) is 9.26. The van der Waals surface area contributed by atoms with Crippen LogP contribution in [-0.2, 0) is 4.74 Å². The SMILES string of the molecule is CCCN1CCC(NC(=NCC(OC)c2cccc(Cl)c2)NCC)CC1.I. The van der Waals surface area contributed by atoms with Crippen molar-refractivity contribution in [3.63, 3.8) is 0 Å². The standard InChI is InChI=1S/C20H33ClN4O.HI/c1-4-11-25-12-9-18(10-13-25)24-20(22-5-2)23-15-19(26-3)16-7-6-8-17(21)14-16;/h6-8,14,18-19H,4-5,9-13,15H2,1-3H3,(H2,22,23,24);1H. The first-order chi connectivity index (χ1) is 12.7. The molecule has 0 saturated carbocycles. The molecule has 1 aliphatic heterocycles. The van der Waals surface area contributed by atoms with Crippen molar-refractivity contribution in [2.45, 2.75) is 45.3 Å². The normalized spacial score (nSPS) is 17.3. The second kappa shape index (κ2) is 13.6. The molecule has 1 fully saturated rings. The van der Waals surface area contributed by atoms with E-state index in [2.05, 4.69) is 29.4 Å². The van der Waals surface area contributed by atoms with Crippen LogP contribution in [0, 0.1) is 0 Å². The van der Waals surface area contributed by atoms with Gasteiger partial charge in [-0.25, -0.2) is 0 Å². The summed E-state index contributed by atoms with van der Waals surface area (Å²) < 4.78 is 5.62. The number of hydrogen-bond donors (Lipinski definition) is 2. The number of nitrogens with one attached hydrogen (secondary N) is 2. The fraction of sp³-hybridized carbons (Fsp3) is 0.650. The fourth-order valence-electron chi connectivity index (χ4n) is 3.33. The molecule has 154 valence electrons. The minimum absolute atomic E-state index is 0. The molecule has 0 spiro atoms. The van der Waals surface area contributed by atoms with Crippen LogP contribution in [0.2, 0.25) is 5.02 Å². The van der Waals surface area contributed by atoms with Crippen LogP contribution < -0.4 is 10.6 Å². The number of likely N-dealkylation sites (tertiary alicyclic amines) is 1. The third-order valence-electron chi connectivity index (χ3n) is 4.73. The number of aliphatic imine (C=N–C) groups is 1. The van der Waals surface area contributed by atoms with E-state index in [1.807, 2.05) is 24.3 Å². The zero-order valence-electron chi connectivity index (χ0n) is 16.7. The maximum Gasteiger partial charge on any atom is 0.191 e. The molecule has 0 aliphatic carbocycles. The second-order valence-electron chi connectivity index (χ2n) is 6.76. The number of nitrogens with zero attached hydrogens (tertiary/aromatic N) is 2. The van der Waals surface area contributed by atoms with Gasteiger partial charge in [0.2, 0.25) is 0 Å². The average Bonchev–Trinajstić information content (AvgIpc) is 2.64. The first-order valence-corrected chi connectivity index (χ1v) is 10.1. The van der Waals surface area contributed by atoms with Crippen molar-refractivity contribution in [3.8, 4) is 0 Å². The zero-order valence-corrected chi connectivity index (χ0v) is 19.8. The second-order valence-corrected chi connectivity index (χ2v) is 7.20. The number of piperidine rings is 1. The van der Waals surface area contributed by atoms with Crippen LogP contribution in [0.5, 0.6) is 0 Å². The van der Waals surface area contributed by atoms with Crippen molar-refractivity contribution in [1.82, 2.24) is 15.5 Å². The molecule has 2 rings (SSSR count). The van der Waals surface area contributed by atoms with Gasteiger partial charge in [0.05, 0.1) is 6.54 Å². The molecule has 0 radical (unpaired) electrons. The molecule has 0 aromatic heterocycles. The lowest BCUT2D eigenvalue weighted by atomic mass is 10.1. The van der Waals surface area contributed by atoms with E-state index in [9.17, 15) is 0 Å². The third-order valence-corrected chi connectivity index (χ3v) is 4.97. The van der Waals surface area contributed by atoms with Crippen LogP contribution in [0.15, 0.2) is 29.3 Å². The largest absolute Gasteiger partial charge is 0.375 e. The van der Waals surface area contributed by atoms with E-state index in [0.29, 0.717) is 12.6 Å². The van der Waals surface area contributed by atoms with E-state index in [-0.39, 0.29) is 30.1 Å². The molecule has 5 nitrogen and oxygen atoms in total. The Bertz CT molecular complexity index is 565. The van der Waals surface area contributed by atoms with Crippen molar-refractivity contribution in [2.75, 3.05) is 39.8 Å². The summed E-state index contributed by atoms with van der Waals surface area (Å²) in [6, 6.07) is 8.26. The Kier molecular flexibility index (Phi) is 12.3. The van der Waals surface area contributed by atoms with Crippen LogP contribution >= 0.6 is 35.6 Å². The zero-order chi connectivity index (χ0) is 18.8. The summed E-state index contributed by atoms with van der Waals surface area (Å²) in [7, 11) is 1.71. The molecule has 0 amide bonds. The van der Waals surface area contributed by atoms with Crippen LogP contribution in [0.25, 0.3) is 0 Å². The molecule has 1 unspecified atom stereocenters. The number of guanidine groups is 1. The van der Waals surface area contributed by atoms with E-state index >= 15 is 0 Å². The molecular weight excluding hydrogens is 475 g/mol. The Morgan fingerprint density at radius 3 is 2.67 bits per heavy atom. The molecule has 0 bridgehead atoms. The number of halogens is 2. The molecule has 1 aromatic rings. The molecule has 1 atom stereocenters. The molecule has 1 aliphatic rings. The summed E-state index contributed by atoms with van der Waals surface area (Å²) in [5, 5.41) is 7.66. The van der Waals surface area contributed by atoms with Crippen LogP contribution in [0.3, 0.4) is 0 Å². The van der Waals surface area contributed by atoms with Gasteiger partial charge in [0.25, 0.3) is 0 Å². The Labute approximate surface area is 186 Å². The van der Waals surface area contributed by atoms with Crippen molar-refractivity contribution < 1.29 is 4.74 Å². The maximum absolute atomic E-state index is 6.10. The Morgan fingerprint density at radius 1 is 1.33 bits per heavy atom. The first kappa shape index (κ1) is 24.5. The van der Waals surface area contributed by atoms with E-state index in [0.717, 1.165) is 49.0 Å². The lowest BCUT2D eigenvalue weighted by Gasteiger charge is -2.32. The predicted molar refractivity (Wildman–Crippen MR) is 125 cm³/mol. The number of ether oxygens (including phenoxy) is 1. The first-order valence-electron chi connectivity index (χ1n) is 9.71. The van der Waals surface area contributed by atoms with Gasteiger partial charge in [-0.2, -0.15) is 0 Å². The monoisotopic (exact) mass is 508 g/mol. The minimum atomic E-state index is -0.101. The summed E-state index contributed by atoms with van der Waals surface area (Å²) in [4.78, 5) is 7.30. The van der Waals surface area contributed by atoms with Gasteiger partial charge in [-0.3, -0.25) is 4.99 Å². The number of hydrogen-bond acceptors (Lipinski definition) is 3. The molecular formula is C20H34ClIN4O. The van der Waals surface area contributed by atoms with Gasteiger partial charge in [0.1, 0.15) is 6.10 Å². The van der Waals surface area contributed by atoms with Crippen molar-refractivity contribution >= 4 is 41.5 Å². The highest BCUT2D eigenvalue weighted by atomic mass is 127. The third kappa shape index (κ3) is 8.54. The van der Waals surface area contributed by atoms with Gasteiger partial charge in [-0.1, -0.05) is 30.7 Å². The molecule has 1 heterocycles. The quantitative estimate of drug-likeness (QED) is 0.316. The molecule has 7 heteroatoms. The minimum Gasteiger partial charge on any atom is -0.375 e. The topological polar surface area (TPSA) is 48.9 Å². The molecule has 1 saturated heterocycles. The van der Waals surface area contributed by atoms with Crippen molar-refractivity contribution in [2.24, 2.45) is 4.99 Å². The Hall–Kier alpha value is -0.570. The van der Waals surface area contributed by atoms with Crippen LogP contribution in [0.1, 0.15) is 44.8 Å². The van der Waals surface area contributed by atoms with Crippen molar-refractivity contribution in [1.29, 1.82) is 0 Å². The fourth-order valence-corrected chi connectivity index (χ4v) is 3.53. The highest BCUT2D eigenvalue weighted by Crippen LogP contribution is 2.20. The maximum atomic E-state index is 6.10. The van der Waals surface area contributed by atoms with Gasteiger partial charge in [-0.15, -0.1) is 24.0 Å². The Morgan fingerprint density at radius 2 is 2.07 bits per heavy atom. The highest BCUT2D eigenvalue weighted by molar-refractivity contribution is 14.0. The van der Waals surface area contributed by atoms with Crippen LogP contribution in [-0.4, -0.2) is 56.7 Å². The van der Waals surface area contributed by atoms with Gasteiger partial charge in [0, 0.05) is 37.8 Å². The van der Waals surface area contributed by atoms with E-state index in [4.69, 9.17) is 21.3 Å². The highest BCUT2D eigenvalue weighted by Gasteiger charge is 2.19. The van der Waals surface area contributed by atoms with Gasteiger partial charge in [0.15, 0.2) is 5.96 Å². The lowest BCUT2D eigenvalue weighted by molar-refractivity contribution is 0.111. The molecule has 27 heavy (non-hydrogen) atoms. The van der Waals surface area contributed by atoms with Crippen molar-refractivity contribution in [3.05, 3.63) is 34.9 Å². The average molecular weight is 509 g/mol. The molecule has 1 aromatic carbocycles. The summed E-state index contributed by atoms with van der Waals surface area (Å²) in [5.41, 5.74) is 1.05. The van der Waals surface area contributed by atoms with E-state index in [1.165, 1.54) is 13.0 Å². The summed E-state index contributed by atoms with van der Waals surface area (Å²) in [5.74, 6) is 0.866.